The summed E-state index contributed by atoms with van der Waals surface area (Å²) in [6, 6.07) is 10.6. The Morgan fingerprint density at radius 3 is 2.40 bits per heavy atom. The molecule has 4 heteroatoms. The fraction of sp³-hybridized carbons (Fsp3) is 0. The summed E-state index contributed by atoms with van der Waals surface area (Å²) < 4.78 is 0. The molecule has 0 aromatic heterocycles. The molecule has 0 saturated carbocycles. The second kappa shape index (κ2) is 3.79. The number of nitrogens with one attached hydrogen (secondary N) is 1. The third kappa shape index (κ3) is 1.74. The Kier molecular flexibility index (Phi) is 2.47. The number of rotatable bonds is 1. The van der Waals surface area contributed by atoms with Crippen LogP contribution in [0.25, 0.3) is 10.8 Å². The van der Waals surface area contributed by atoms with Crippen LogP contribution < -0.4 is 4.84 Å². The van der Waals surface area contributed by atoms with E-state index in [2.05, 4.69) is 0 Å². The topological polar surface area (TPSA) is 49.3 Å². The van der Waals surface area contributed by atoms with Crippen molar-refractivity contribution in [3.8, 4) is 5.75 Å². The van der Waals surface area contributed by atoms with E-state index in [9.17, 15) is 9.90 Å². The molecule has 0 saturated heterocycles. The SMILES string of the molecule is O=C(NCl)c1cc2ccccc2cc1O. The van der Waals surface area contributed by atoms with Gasteiger partial charge in [-0.1, -0.05) is 24.3 Å². The number of aromatic hydroxyl groups is 1. The zero-order valence-electron chi connectivity index (χ0n) is 7.70. The third-order valence-electron chi connectivity index (χ3n) is 2.19. The number of hydrogen-bond donors (Lipinski definition) is 2. The summed E-state index contributed by atoms with van der Waals surface area (Å²) >= 11 is 5.20. The van der Waals surface area contributed by atoms with E-state index in [1.807, 2.05) is 29.1 Å². The molecule has 3 nitrogen and oxygen atoms in total. The lowest BCUT2D eigenvalue weighted by molar-refractivity contribution is 0.0979. The van der Waals surface area contributed by atoms with Crippen molar-refractivity contribution in [2.75, 3.05) is 0 Å². The normalized spacial score (nSPS) is 10.2. The number of benzene rings is 2. The van der Waals surface area contributed by atoms with Crippen molar-refractivity contribution >= 4 is 28.5 Å². The van der Waals surface area contributed by atoms with E-state index < -0.39 is 5.91 Å². The molecule has 1 amide bonds. The van der Waals surface area contributed by atoms with Crippen molar-refractivity contribution in [2.45, 2.75) is 0 Å². The standard InChI is InChI=1S/C11H8ClNO2/c12-13-11(15)9-5-7-3-1-2-4-8(7)6-10(9)14/h1-6,14H,(H,13,15). The molecule has 0 radical (unpaired) electrons. The Labute approximate surface area is 91.4 Å². The van der Waals surface area contributed by atoms with Gasteiger partial charge in [0, 0.05) is 11.8 Å². The fourth-order valence-corrected chi connectivity index (χ4v) is 1.56. The molecule has 15 heavy (non-hydrogen) atoms. The van der Waals surface area contributed by atoms with Crippen LogP contribution in [0.2, 0.25) is 0 Å². The Bertz CT molecular complexity index is 525. The van der Waals surface area contributed by atoms with Gasteiger partial charge in [-0.3, -0.25) is 9.63 Å². The van der Waals surface area contributed by atoms with E-state index in [0.29, 0.717) is 0 Å². The molecule has 2 aromatic carbocycles. The van der Waals surface area contributed by atoms with Crippen molar-refractivity contribution < 1.29 is 9.90 Å². The largest absolute Gasteiger partial charge is 0.507 e. The summed E-state index contributed by atoms with van der Waals surface area (Å²) in [5.41, 5.74) is 0.170. The van der Waals surface area contributed by atoms with Crippen LogP contribution in [0.15, 0.2) is 36.4 Å². The van der Waals surface area contributed by atoms with Gasteiger partial charge in [0.15, 0.2) is 0 Å². The van der Waals surface area contributed by atoms with Gasteiger partial charge in [0.25, 0.3) is 5.91 Å². The van der Waals surface area contributed by atoms with Crippen molar-refractivity contribution in [2.24, 2.45) is 0 Å². The molecule has 0 aliphatic rings. The first-order valence-electron chi connectivity index (χ1n) is 4.35. The number of fused-ring (bicyclic) bond motifs is 1. The number of carbonyl (C=O) groups excluding carboxylic acids is 1. The number of hydrogen-bond acceptors (Lipinski definition) is 2. The monoisotopic (exact) mass is 221 g/mol. The maximum Gasteiger partial charge on any atom is 0.269 e. The first-order chi connectivity index (χ1) is 7.22. The predicted molar refractivity (Wildman–Crippen MR) is 58.9 cm³/mol. The Morgan fingerprint density at radius 2 is 1.80 bits per heavy atom. The second-order valence-electron chi connectivity index (χ2n) is 3.14. The average molecular weight is 222 g/mol. The predicted octanol–water partition coefficient (Wildman–Crippen LogP) is 2.43. The highest BCUT2D eigenvalue weighted by Gasteiger charge is 2.10. The van der Waals surface area contributed by atoms with Gasteiger partial charge in [-0.05, 0) is 22.9 Å². The van der Waals surface area contributed by atoms with Gasteiger partial charge in [0.05, 0.1) is 5.56 Å². The van der Waals surface area contributed by atoms with E-state index in [-0.39, 0.29) is 11.3 Å². The number of amides is 1. The molecule has 0 fully saturated rings. The summed E-state index contributed by atoms with van der Waals surface area (Å²) in [7, 11) is 0. The van der Waals surface area contributed by atoms with E-state index in [1.54, 1.807) is 6.07 Å². The minimum Gasteiger partial charge on any atom is -0.507 e. The van der Waals surface area contributed by atoms with Gasteiger partial charge in [-0.15, -0.1) is 0 Å². The Hall–Kier alpha value is -1.74. The highest BCUT2D eigenvalue weighted by atomic mass is 35.5. The van der Waals surface area contributed by atoms with Crippen molar-refractivity contribution in [3.63, 3.8) is 0 Å². The van der Waals surface area contributed by atoms with E-state index in [0.717, 1.165) is 10.8 Å². The number of halogens is 1. The van der Waals surface area contributed by atoms with Gasteiger partial charge < -0.3 is 5.11 Å². The first kappa shape index (κ1) is 9.80. The quantitative estimate of drug-likeness (QED) is 0.727. The van der Waals surface area contributed by atoms with Gasteiger partial charge in [-0.25, -0.2) is 0 Å². The fourth-order valence-electron chi connectivity index (χ4n) is 1.46. The maximum absolute atomic E-state index is 11.3. The van der Waals surface area contributed by atoms with Crippen molar-refractivity contribution in [1.29, 1.82) is 0 Å². The molecular weight excluding hydrogens is 214 g/mol. The lowest BCUT2D eigenvalue weighted by Gasteiger charge is -2.04. The molecule has 0 atom stereocenters. The zero-order valence-corrected chi connectivity index (χ0v) is 8.45. The van der Waals surface area contributed by atoms with Crippen LogP contribution in [0, 0.1) is 0 Å². The lowest BCUT2D eigenvalue weighted by atomic mass is 10.1. The van der Waals surface area contributed by atoms with Gasteiger partial charge in [0.1, 0.15) is 5.75 Å². The van der Waals surface area contributed by atoms with Gasteiger partial charge >= 0.3 is 0 Å². The van der Waals surface area contributed by atoms with Crippen molar-refractivity contribution in [3.05, 3.63) is 42.0 Å². The molecule has 0 aliphatic carbocycles. The molecule has 0 aliphatic heterocycles. The van der Waals surface area contributed by atoms with Gasteiger partial charge in [-0.2, -0.15) is 0 Å². The average Bonchev–Trinajstić information content (AvgIpc) is 2.27. The summed E-state index contributed by atoms with van der Waals surface area (Å²) in [6.45, 7) is 0. The summed E-state index contributed by atoms with van der Waals surface area (Å²) in [5.74, 6) is -0.591. The smallest absolute Gasteiger partial charge is 0.269 e. The van der Waals surface area contributed by atoms with Crippen LogP contribution in [0.5, 0.6) is 5.75 Å². The third-order valence-corrected chi connectivity index (χ3v) is 2.37. The molecule has 0 bridgehead atoms. The highest BCUT2D eigenvalue weighted by molar-refractivity contribution is 6.24. The van der Waals surface area contributed by atoms with Crippen LogP contribution >= 0.6 is 11.8 Å². The van der Waals surface area contributed by atoms with E-state index in [1.165, 1.54) is 6.07 Å². The molecule has 2 N–H and O–H groups in total. The molecular formula is C11H8ClNO2. The lowest BCUT2D eigenvalue weighted by Crippen LogP contribution is -2.12. The van der Waals surface area contributed by atoms with Gasteiger partial charge in [0.2, 0.25) is 0 Å². The highest BCUT2D eigenvalue weighted by Crippen LogP contribution is 2.24. The zero-order chi connectivity index (χ0) is 10.8. The second-order valence-corrected chi connectivity index (χ2v) is 3.33. The van der Waals surface area contributed by atoms with E-state index in [4.69, 9.17) is 11.8 Å². The summed E-state index contributed by atoms with van der Waals surface area (Å²) in [4.78, 5) is 13.2. The Balaban J connectivity index is 2.67. The molecule has 76 valence electrons. The maximum atomic E-state index is 11.3. The van der Waals surface area contributed by atoms with Crippen LogP contribution in [-0.2, 0) is 0 Å². The number of phenols is 1. The van der Waals surface area contributed by atoms with Crippen LogP contribution in [0.4, 0.5) is 0 Å². The number of phenolic OH excluding ortho intramolecular Hbond substituents is 1. The minimum absolute atomic E-state index is 0.0770. The first-order valence-corrected chi connectivity index (χ1v) is 4.73. The minimum atomic E-state index is -0.514. The summed E-state index contributed by atoms with van der Waals surface area (Å²) in [5, 5.41) is 11.3. The van der Waals surface area contributed by atoms with Crippen LogP contribution in [-0.4, -0.2) is 11.0 Å². The molecule has 2 aromatic rings. The molecule has 2 rings (SSSR count). The van der Waals surface area contributed by atoms with Crippen LogP contribution in [0.1, 0.15) is 10.4 Å². The van der Waals surface area contributed by atoms with Crippen LogP contribution in [0.3, 0.4) is 0 Å². The molecule has 0 heterocycles. The Morgan fingerprint density at radius 1 is 1.20 bits per heavy atom. The summed E-state index contributed by atoms with van der Waals surface area (Å²) in [6.07, 6.45) is 0. The molecule has 0 spiro atoms. The molecule has 0 unspecified atom stereocenters. The van der Waals surface area contributed by atoms with E-state index >= 15 is 0 Å². The van der Waals surface area contributed by atoms with Crippen molar-refractivity contribution in [1.82, 2.24) is 4.84 Å². The number of carbonyl (C=O) groups is 1.